The fourth-order valence-corrected chi connectivity index (χ4v) is 4.11. The van der Waals surface area contributed by atoms with Crippen molar-refractivity contribution in [2.24, 2.45) is 5.92 Å². The largest absolute Gasteiger partial charge is 0.497 e. The number of rotatable bonds is 7. The Morgan fingerprint density at radius 1 is 1.24 bits per heavy atom. The smallest absolute Gasteiger partial charge is 0.256 e. The summed E-state index contributed by atoms with van der Waals surface area (Å²) in [5.74, 6) is 1.25. The average molecular weight is 414 g/mol. The molecular formula is C22H27N3O3S. The minimum Gasteiger partial charge on any atom is -0.497 e. The maximum atomic E-state index is 12.8. The van der Waals surface area contributed by atoms with Crippen LogP contribution in [0.15, 0.2) is 47.6 Å². The molecule has 1 aromatic heterocycles. The second-order valence-electron chi connectivity index (χ2n) is 7.11. The maximum absolute atomic E-state index is 12.8. The highest BCUT2D eigenvalue weighted by atomic mass is 32.2. The summed E-state index contributed by atoms with van der Waals surface area (Å²) >= 11 is 1.49. The van der Waals surface area contributed by atoms with Gasteiger partial charge in [-0.1, -0.05) is 6.07 Å². The van der Waals surface area contributed by atoms with Gasteiger partial charge in [0.05, 0.1) is 12.7 Å². The SMILES string of the molecule is COc1cccc(NC(=O)CCC2CCN(C(=O)c3cccnc3SC)CC2)c1. The third kappa shape index (κ3) is 5.73. The summed E-state index contributed by atoms with van der Waals surface area (Å²) < 4.78 is 5.18. The first-order valence-electron chi connectivity index (χ1n) is 9.83. The standard InChI is InChI=1S/C22H27N3O3S/c1-28-18-6-3-5-17(15-18)24-20(26)9-8-16-10-13-25(14-11-16)22(27)19-7-4-12-23-21(19)29-2/h3-7,12,15-16H,8-11,13-14H2,1-2H3,(H,24,26). The lowest BCUT2D eigenvalue weighted by Gasteiger charge is -2.32. The number of hydrogen-bond donors (Lipinski definition) is 1. The van der Waals surface area contributed by atoms with Crippen LogP contribution in [-0.2, 0) is 4.79 Å². The molecule has 0 unspecified atom stereocenters. The number of piperidine rings is 1. The summed E-state index contributed by atoms with van der Waals surface area (Å²) in [5.41, 5.74) is 1.42. The van der Waals surface area contributed by atoms with E-state index in [0.29, 0.717) is 17.9 Å². The lowest BCUT2D eigenvalue weighted by molar-refractivity contribution is -0.116. The molecule has 7 heteroatoms. The van der Waals surface area contributed by atoms with E-state index in [0.717, 1.165) is 48.8 Å². The van der Waals surface area contributed by atoms with Gasteiger partial charge in [-0.3, -0.25) is 9.59 Å². The second kappa shape index (κ2) is 10.3. The van der Waals surface area contributed by atoms with Crippen LogP contribution >= 0.6 is 11.8 Å². The number of aromatic nitrogens is 1. The number of ether oxygens (including phenoxy) is 1. The van der Waals surface area contributed by atoms with Crippen LogP contribution < -0.4 is 10.1 Å². The Morgan fingerprint density at radius 3 is 2.76 bits per heavy atom. The molecule has 0 bridgehead atoms. The number of amides is 2. The van der Waals surface area contributed by atoms with Crippen LogP contribution in [0.3, 0.4) is 0 Å². The van der Waals surface area contributed by atoms with Crippen molar-refractivity contribution in [1.82, 2.24) is 9.88 Å². The molecule has 2 aromatic rings. The molecule has 0 atom stereocenters. The molecule has 0 spiro atoms. The summed E-state index contributed by atoms with van der Waals surface area (Å²) in [6, 6.07) is 11.0. The molecule has 1 aromatic carbocycles. The van der Waals surface area contributed by atoms with Gasteiger partial charge in [0.1, 0.15) is 10.8 Å². The quantitative estimate of drug-likeness (QED) is 0.693. The van der Waals surface area contributed by atoms with E-state index in [1.807, 2.05) is 41.5 Å². The Bertz CT molecular complexity index is 851. The molecule has 1 aliphatic heterocycles. The summed E-state index contributed by atoms with van der Waals surface area (Å²) in [7, 11) is 1.61. The fourth-order valence-electron chi connectivity index (χ4n) is 3.57. The first kappa shape index (κ1) is 21.2. The van der Waals surface area contributed by atoms with Crippen molar-refractivity contribution in [2.45, 2.75) is 30.7 Å². The van der Waals surface area contributed by atoms with Gasteiger partial charge in [0.2, 0.25) is 5.91 Å². The Morgan fingerprint density at radius 2 is 2.03 bits per heavy atom. The topological polar surface area (TPSA) is 71.5 Å². The van der Waals surface area contributed by atoms with Crippen molar-refractivity contribution in [3.8, 4) is 5.75 Å². The molecule has 2 heterocycles. The van der Waals surface area contributed by atoms with Crippen LogP contribution in [0.5, 0.6) is 5.75 Å². The Hall–Kier alpha value is -2.54. The number of nitrogens with one attached hydrogen (secondary N) is 1. The van der Waals surface area contributed by atoms with Crippen LogP contribution in [0.25, 0.3) is 0 Å². The van der Waals surface area contributed by atoms with Gasteiger partial charge in [0.15, 0.2) is 0 Å². The van der Waals surface area contributed by atoms with Crippen LogP contribution in [-0.4, -0.2) is 48.2 Å². The number of anilines is 1. The van der Waals surface area contributed by atoms with Gasteiger partial charge in [0.25, 0.3) is 5.91 Å². The first-order valence-corrected chi connectivity index (χ1v) is 11.1. The number of benzene rings is 1. The first-order chi connectivity index (χ1) is 14.1. The van der Waals surface area contributed by atoms with E-state index in [1.165, 1.54) is 11.8 Å². The zero-order valence-electron chi connectivity index (χ0n) is 16.9. The Balaban J connectivity index is 1.45. The molecule has 6 nitrogen and oxygen atoms in total. The molecule has 29 heavy (non-hydrogen) atoms. The third-order valence-electron chi connectivity index (χ3n) is 5.23. The molecule has 2 amide bonds. The second-order valence-corrected chi connectivity index (χ2v) is 7.91. The molecule has 0 saturated carbocycles. The number of thioether (sulfide) groups is 1. The summed E-state index contributed by atoms with van der Waals surface area (Å²) in [5, 5.41) is 3.70. The zero-order valence-corrected chi connectivity index (χ0v) is 17.7. The van der Waals surface area contributed by atoms with Gasteiger partial charge in [-0.05, 0) is 55.7 Å². The molecule has 0 radical (unpaired) electrons. The van der Waals surface area contributed by atoms with Gasteiger partial charge in [-0.15, -0.1) is 11.8 Å². The van der Waals surface area contributed by atoms with Crippen LogP contribution in [0, 0.1) is 5.92 Å². The predicted octanol–water partition coefficient (Wildman–Crippen LogP) is 4.08. The molecule has 1 saturated heterocycles. The summed E-state index contributed by atoms with van der Waals surface area (Å²) in [6.45, 7) is 1.45. The highest BCUT2D eigenvalue weighted by Gasteiger charge is 2.25. The predicted molar refractivity (Wildman–Crippen MR) is 116 cm³/mol. The summed E-state index contributed by atoms with van der Waals surface area (Å²) in [4.78, 5) is 31.3. The molecule has 3 rings (SSSR count). The number of nitrogens with zero attached hydrogens (tertiary/aromatic N) is 2. The van der Waals surface area contributed by atoms with Crippen molar-refractivity contribution in [3.05, 3.63) is 48.2 Å². The third-order valence-corrected chi connectivity index (χ3v) is 5.94. The normalized spacial score (nSPS) is 14.5. The van der Waals surface area contributed by atoms with Gasteiger partial charge in [-0.2, -0.15) is 0 Å². The van der Waals surface area contributed by atoms with Crippen molar-refractivity contribution >= 4 is 29.3 Å². The van der Waals surface area contributed by atoms with Gasteiger partial charge in [0, 0.05) is 37.5 Å². The number of hydrogen-bond acceptors (Lipinski definition) is 5. The minimum atomic E-state index is 0.0109. The van der Waals surface area contributed by atoms with E-state index >= 15 is 0 Å². The lowest BCUT2D eigenvalue weighted by atomic mass is 9.91. The van der Waals surface area contributed by atoms with Gasteiger partial charge >= 0.3 is 0 Å². The molecule has 1 aliphatic rings. The molecular weight excluding hydrogens is 386 g/mol. The highest BCUT2D eigenvalue weighted by molar-refractivity contribution is 7.98. The fraction of sp³-hybridized carbons (Fsp3) is 0.409. The van der Waals surface area contributed by atoms with Gasteiger partial charge in [-0.25, -0.2) is 4.98 Å². The van der Waals surface area contributed by atoms with Crippen LogP contribution in [0.1, 0.15) is 36.0 Å². The average Bonchev–Trinajstić information content (AvgIpc) is 2.77. The number of likely N-dealkylation sites (tertiary alicyclic amines) is 1. The number of carbonyl (C=O) groups excluding carboxylic acids is 2. The lowest BCUT2D eigenvalue weighted by Crippen LogP contribution is -2.38. The molecule has 154 valence electrons. The minimum absolute atomic E-state index is 0.0109. The van der Waals surface area contributed by atoms with E-state index in [4.69, 9.17) is 4.74 Å². The zero-order chi connectivity index (χ0) is 20.6. The highest BCUT2D eigenvalue weighted by Crippen LogP contribution is 2.25. The van der Waals surface area contributed by atoms with Crippen molar-refractivity contribution in [1.29, 1.82) is 0 Å². The van der Waals surface area contributed by atoms with Crippen molar-refractivity contribution in [3.63, 3.8) is 0 Å². The number of carbonyl (C=O) groups is 2. The van der Waals surface area contributed by atoms with E-state index in [2.05, 4.69) is 10.3 Å². The van der Waals surface area contributed by atoms with E-state index < -0.39 is 0 Å². The van der Waals surface area contributed by atoms with Gasteiger partial charge < -0.3 is 15.0 Å². The van der Waals surface area contributed by atoms with E-state index in [-0.39, 0.29) is 11.8 Å². The Labute approximate surface area is 176 Å². The van der Waals surface area contributed by atoms with Crippen LogP contribution in [0.4, 0.5) is 5.69 Å². The molecule has 1 fully saturated rings. The monoisotopic (exact) mass is 413 g/mol. The van der Waals surface area contributed by atoms with Crippen molar-refractivity contribution < 1.29 is 14.3 Å². The van der Waals surface area contributed by atoms with Crippen LogP contribution in [0.2, 0.25) is 0 Å². The van der Waals surface area contributed by atoms with Crippen molar-refractivity contribution in [2.75, 3.05) is 31.8 Å². The number of pyridine rings is 1. The molecule has 0 aliphatic carbocycles. The number of methoxy groups -OCH3 is 1. The summed E-state index contributed by atoms with van der Waals surface area (Å²) in [6.07, 6.45) is 6.81. The maximum Gasteiger partial charge on any atom is 0.256 e. The van der Waals surface area contributed by atoms with E-state index in [1.54, 1.807) is 19.4 Å². The van der Waals surface area contributed by atoms with E-state index in [9.17, 15) is 9.59 Å². The Kier molecular flexibility index (Phi) is 7.52. The molecule has 1 N–H and O–H groups in total.